The number of aliphatic hydroxyl groups excluding tert-OH is 1. The molecule has 0 saturated carbocycles. The molecule has 0 heterocycles. The number of halogens is 1. The van der Waals surface area contributed by atoms with E-state index < -0.39 is 6.10 Å². The van der Waals surface area contributed by atoms with Crippen molar-refractivity contribution in [3.05, 3.63) is 35.6 Å². The minimum Gasteiger partial charge on any atom is -0.387 e. The van der Waals surface area contributed by atoms with Crippen molar-refractivity contribution in [3.63, 3.8) is 0 Å². The Morgan fingerprint density at radius 3 is 2.54 bits per heavy atom. The van der Waals surface area contributed by atoms with Gasteiger partial charge in [0.2, 0.25) is 0 Å². The van der Waals surface area contributed by atoms with Crippen LogP contribution >= 0.6 is 0 Å². The lowest BCUT2D eigenvalue weighted by Gasteiger charge is -2.16. The first kappa shape index (κ1) is 10.2. The molecular formula is C10H14FNO. The highest BCUT2D eigenvalue weighted by Gasteiger charge is 2.12. The Morgan fingerprint density at radius 1 is 1.38 bits per heavy atom. The molecule has 0 aliphatic heterocycles. The zero-order valence-electron chi connectivity index (χ0n) is 7.87. The maximum atomic E-state index is 13.1. The molecule has 0 bridgehead atoms. The summed E-state index contributed by atoms with van der Waals surface area (Å²) in [6, 6.07) is 6.29. The van der Waals surface area contributed by atoms with Gasteiger partial charge in [-0.15, -0.1) is 0 Å². The highest BCUT2D eigenvalue weighted by molar-refractivity contribution is 5.19. The zero-order valence-corrected chi connectivity index (χ0v) is 7.87. The summed E-state index contributed by atoms with van der Waals surface area (Å²) in [5.41, 5.74) is 0.358. The van der Waals surface area contributed by atoms with Crippen molar-refractivity contribution >= 4 is 0 Å². The van der Waals surface area contributed by atoms with Gasteiger partial charge in [0.05, 0.1) is 6.10 Å². The van der Waals surface area contributed by atoms with Crippen LogP contribution in [-0.2, 0) is 0 Å². The van der Waals surface area contributed by atoms with Crippen molar-refractivity contribution in [2.45, 2.75) is 6.10 Å². The van der Waals surface area contributed by atoms with Gasteiger partial charge in [-0.05, 0) is 20.2 Å². The summed E-state index contributed by atoms with van der Waals surface area (Å²) in [6.45, 7) is 0.431. The summed E-state index contributed by atoms with van der Waals surface area (Å²) in [5, 5.41) is 9.59. The van der Waals surface area contributed by atoms with Gasteiger partial charge in [-0.2, -0.15) is 0 Å². The second-order valence-electron chi connectivity index (χ2n) is 3.30. The Kier molecular flexibility index (Phi) is 3.39. The molecular weight excluding hydrogens is 169 g/mol. The Balaban J connectivity index is 2.76. The van der Waals surface area contributed by atoms with E-state index in [9.17, 15) is 9.50 Å². The number of nitrogens with zero attached hydrogens (tertiary/aromatic N) is 1. The quantitative estimate of drug-likeness (QED) is 0.766. The minimum absolute atomic E-state index is 0.350. The van der Waals surface area contributed by atoms with Gasteiger partial charge in [0.1, 0.15) is 5.82 Å². The van der Waals surface area contributed by atoms with E-state index in [1.807, 2.05) is 19.0 Å². The summed E-state index contributed by atoms with van der Waals surface area (Å²) in [6.07, 6.45) is -0.754. The molecule has 1 unspecified atom stereocenters. The van der Waals surface area contributed by atoms with Crippen molar-refractivity contribution in [1.29, 1.82) is 0 Å². The maximum absolute atomic E-state index is 13.1. The summed E-state index contributed by atoms with van der Waals surface area (Å²) >= 11 is 0. The Morgan fingerprint density at radius 2 is 2.00 bits per heavy atom. The SMILES string of the molecule is CN(C)CC(O)c1ccccc1F. The van der Waals surface area contributed by atoms with E-state index in [0.717, 1.165) is 0 Å². The minimum atomic E-state index is -0.754. The standard InChI is InChI=1S/C10H14FNO/c1-12(2)7-10(13)8-5-3-4-6-9(8)11/h3-6,10,13H,7H2,1-2H3. The van der Waals surface area contributed by atoms with E-state index in [0.29, 0.717) is 12.1 Å². The number of hydrogen-bond donors (Lipinski definition) is 1. The van der Waals surface area contributed by atoms with Crippen molar-refractivity contribution < 1.29 is 9.50 Å². The van der Waals surface area contributed by atoms with Crippen LogP contribution < -0.4 is 0 Å². The Hall–Kier alpha value is -0.930. The monoisotopic (exact) mass is 183 g/mol. The topological polar surface area (TPSA) is 23.5 Å². The fraction of sp³-hybridized carbons (Fsp3) is 0.400. The van der Waals surface area contributed by atoms with E-state index in [-0.39, 0.29) is 5.82 Å². The molecule has 0 radical (unpaired) electrons. The predicted octanol–water partition coefficient (Wildman–Crippen LogP) is 1.42. The number of aliphatic hydroxyl groups is 1. The van der Waals surface area contributed by atoms with Gasteiger partial charge in [-0.3, -0.25) is 0 Å². The Bertz CT molecular complexity index is 275. The van der Waals surface area contributed by atoms with Gasteiger partial charge in [-0.1, -0.05) is 18.2 Å². The molecule has 0 aliphatic rings. The van der Waals surface area contributed by atoms with Gasteiger partial charge >= 0.3 is 0 Å². The molecule has 1 aromatic carbocycles. The van der Waals surface area contributed by atoms with Gasteiger partial charge in [0.25, 0.3) is 0 Å². The zero-order chi connectivity index (χ0) is 9.84. The number of rotatable bonds is 3. The van der Waals surface area contributed by atoms with Crippen molar-refractivity contribution in [2.24, 2.45) is 0 Å². The van der Waals surface area contributed by atoms with Gasteiger partial charge in [0, 0.05) is 12.1 Å². The highest BCUT2D eigenvalue weighted by Crippen LogP contribution is 2.16. The van der Waals surface area contributed by atoms with Crippen LogP contribution in [0.1, 0.15) is 11.7 Å². The second kappa shape index (κ2) is 4.35. The fourth-order valence-electron chi connectivity index (χ4n) is 1.19. The van der Waals surface area contributed by atoms with Crippen molar-refractivity contribution in [1.82, 2.24) is 4.90 Å². The average molecular weight is 183 g/mol. The van der Waals surface area contributed by atoms with Crippen LogP contribution in [0.25, 0.3) is 0 Å². The maximum Gasteiger partial charge on any atom is 0.129 e. The molecule has 1 N–H and O–H groups in total. The predicted molar refractivity (Wildman–Crippen MR) is 49.9 cm³/mol. The summed E-state index contributed by atoms with van der Waals surface area (Å²) < 4.78 is 13.1. The van der Waals surface area contributed by atoms with Crippen molar-refractivity contribution in [2.75, 3.05) is 20.6 Å². The second-order valence-corrected chi connectivity index (χ2v) is 3.30. The van der Waals surface area contributed by atoms with Crippen LogP contribution in [0.15, 0.2) is 24.3 Å². The lowest BCUT2D eigenvalue weighted by Crippen LogP contribution is -2.20. The van der Waals surface area contributed by atoms with Gasteiger partial charge < -0.3 is 10.0 Å². The van der Waals surface area contributed by atoms with Crippen LogP contribution in [0.5, 0.6) is 0 Å². The number of benzene rings is 1. The highest BCUT2D eigenvalue weighted by atomic mass is 19.1. The molecule has 0 spiro atoms. The molecule has 0 saturated heterocycles. The van der Waals surface area contributed by atoms with E-state index in [4.69, 9.17) is 0 Å². The summed E-state index contributed by atoms with van der Waals surface area (Å²) in [7, 11) is 3.67. The number of likely N-dealkylation sites (N-methyl/N-ethyl adjacent to an activating group) is 1. The van der Waals surface area contributed by atoms with Crippen LogP contribution in [0, 0.1) is 5.82 Å². The molecule has 1 rings (SSSR count). The molecule has 0 aliphatic carbocycles. The summed E-state index contributed by atoms with van der Waals surface area (Å²) in [4.78, 5) is 1.82. The molecule has 0 fully saturated rings. The first-order valence-corrected chi connectivity index (χ1v) is 4.18. The molecule has 0 aromatic heterocycles. The average Bonchev–Trinajstić information content (AvgIpc) is 2.03. The number of hydrogen-bond acceptors (Lipinski definition) is 2. The van der Waals surface area contributed by atoms with Crippen molar-refractivity contribution in [3.8, 4) is 0 Å². The molecule has 13 heavy (non-hydrogen) atoms. The first-order chi connectivity index (χ1) is 6.11. The van der Waals surface area contributed by atoms with Crippen LogP contribution in [0.3, 0.4) is 0 Å². The third-order valence-electron chi connectivity index (χ3n) is 1.80. The molecule has 1 atom stereocenters. The smallest absolute Gasteiger partial charge is 0.129 e. The molecule has 0 amide bonds. The van der Waals surface area contributed by atoms with E-state index in [2.05, 4.69) is 0 Å². The molecule has 3 heteroatoms. The van der Waals surface area contributed by atoms with E-state index in [1.54, 1.807) is 18.2 Å². The van der Waals surface area contributed by atoms with Crippen LogP contribution in [0.2, 0.25) is 0 Å². The molecule has 1 aromatic rings. The molecule has 2 nitrogen and oxygen atoms in total. The van der Waals surface area contributed by atoms with E-state index >= 15 is 0 Å². The lowest BCUT2D eigenvalue weighted by molar-refractivity contribution is 0.134. The normalized spacial score (nSPS) is 13.3. The summed E-state index contributed by atoms with van der Waals surface area (Å²) in [5.74, 6) is -0.350. The lowest BCUT2D eigenvalue weighted by atomic mass is 10.1. The fourth-order valence-corrected chi connectivity index (χ4v) is 1.19. The Labute approximate surface area is 77.6 Å². The van der Waals surface area contributed by atoms with E-state index in [1.165, 1.54) is 6.07 Å². The largest absolute Gasteiger partial charge is 0.387 e. The van der Waals surface area contributed by atoms with Gasteiger partial charge in [0.15, 0.2) is 0 Å². The third-order valence-corrected chi connectivity index (χ3v) is 1.80. The third kappa shape index (κ3) is 2.79. The van der Waals surface area contributed by atoms with Crippen LogP contribution in [-0.4, -0.2) is 30.6 Å². The van der Waals surface area contributed by atoms with Gasteiger partial charge in [-0.25, -0.2) is 4.39 Å². The van der Waals surface area contributed by atoms with Crippen LogP contribution in [0.4, 0.5) is 4.39 Å². The molecule has 72 valence electrons. The first-order valence-electron chi connectivity index (χ1n) is 4.18.